The second-order valence-electron chi connectivity index (χ2n) is 5.18. The van der Waals surface area contributed by atoms with Gasteiger partial charge in [0.1, 0.15) is 23.7 Å². The molecule has 2 rings (SSSR count). The van der Waals surface area contributed by atoms with Crippen LogP contribution in [0.2, 0.25) is 0 Å². The van der Waals surface area contributed by atoms with Crippen LogP contribution in [0.15, 0.2) is 12.1 Å². The van der Waals surface area contributed by atoms with E-state index in [9.17, 15) is 23.2 Å². The van der Waals surface area contributed by atoms with Gasteiger partial charge in [0.15, 0.2) is 0 Å². The van der Waals surface area contributed by atoms with Gasteiger partial charge in [-0.3, -0.25) is 19.7 Å². The number of imide groups is 1. The fraction of sp³-hybridized carbons (Fsp3) is 0.308. The first-order chi connectivity index (χ1) is 9.64. The molecule has 112 valence electrons. The Morgan fingerprint density at radius 2 is 1.90 bits per heavy atom. The van der Waals surface area contributed by atoms with Gasteiger partial charge in [0.2, 0.25) is 5.91 Å². The molecular weight excluding hydrogens is 284 g/mol. The van der Waals surface area contributed by atoms with E-state index in [4.69, 9.17) is 5.73 Å². The first kappa shape index (κ1) is 14.9. The average molecular weight is 297 g/mol. The van der Waals surface area contributed by atoms with Gasteiger partial charge in [-0.25, -0.2) is 8.78 Å². The van der Waals surface area contributed by atoms with Crippen LogP contribution in [0.5, 0.6) is 0 Å². The molecule has 0 aromatic heterocycles. The molecule has 0 atom stereocenters. The summed E-state index contributed by atoms with van der Waals surface area (Å²) in [5, 5.41) is 2.09. The molecule has 1 heterocycles. The van der Waals surface area contributed by atoms with Crippen LogP contribution in [0.1, 0.15) is 24.2 Å². The summed E-state index contributed by atoms with van der Waals surface area (Å²) in [6.07, 6.45) is 0. The summed E-state index contributed by atoms with van der Waals surface area (Å²) in [6, 6.07) is 1.33. The van der Waals surface area contributed by atoms with Crippen molar-refractivity contribution in [2.75, 3.05) is 12.3 Å². The van der Waals surface area contributed by atoms with Crippen molar-refractivity contribution in [3.63, 3.8) is 0 Å². The van der Waals surface area contributed by atoms with Crippen LogP contribution in [0.25, 0.3) is 0 Å². The maximum absolute atomic E-state index is 13.8. The van der Waals surface area contributed by atoms with Crippen molar-refractivity contribution in [2.24, 2.45) is 0 Å². The van der Waals surface area contributed by atoms with Crippen molar-refractivity contribution in [1.82, 2.24) is 10.2 Å². The van der Waals surface area contributed by atoms with Gasteiger partial charge in [-0.2, -0.15) is 0 Å². The van der Waals surface area contributed by atoms with Crippen molar-refractivity contribution in [3.05, 3.63) is 29.3 Å². The number of nitrogens with one attached hydrogen (secondary N) is 1. The zero-order chi connectivity index (χ0) is 15.9. The molecule has 0 bridgehead atoms. The molecule has 3 amide bonds. The predicted octanol–water partition coefficient (Wildman–Crippen LogP) is 0.424. The Hall–Kier alpha value is -2.51. The summed E-state index contributed by atoms with van der Waals surface area (Å²) >= 11 is 0. The largest absolute Gasteiger partial charge is 0.396 e. The first-order valence-corrected chi connectivity index (χ1v) is 6.05. The molecule has 0 radical (unpaired) electrons. The lowest BCUT2D eigenvalue weighted by molar-refractivity contribution is -0.143. The summed E-state index contributed by atoms with van der Waals surface area (Å²) in [7, 11) is 0. The molecule has 3 N–H and O–H groups in total. The van der Waals surface area contributed by atoms with Crippen LogP contribution < -0.4 is 11.1 Å². The smallest absolute Gasteiger partial charge is 0.258 e. The topological polar surface area (TPSA) is 92.5 Å². The average Bonchev–Trinajstić information content (AvgIpc) is 2.37. The number of carbonyl (C=O) groups is 3. The van der Waals surface area contributed by atoms with Crippen molar-refractivity contribution in [3.8, 4) is 0 Å². The van der Waals surface area contributed by atoms with Gasteiger partial charge in [0.05, 0.1) is 11.3 Å². The maximum atomic E-state index is 13.8. The van der Waals surface area contributed by atoms with Crippen molar-refractivity contribution < 1.29 is 23.2 Å². The number of anilines is 1. The molecule has 1 saturated heterocycles. The summed E-state index contributed by atoms with van der Waals surface area (Å²) in [5.74, 6) is -4.37. The van der Waals surface area contributed by atoms with Gasteiger partial charge >= 0.3 is 0 Å². The van der Waals surface area contributed by atoms with E-state index in [0.717, 1.165) is 11.0 Å². The van der Waals surface area contributed by atoms with Crippen molar-refractivity contribution >= 4 is 23.4 Å². The zero-order valence-corrected chi connectivity index (χ0v) is 11.4. The second-order valence-corrected chi connectivity index (χ2v) is 5.18. The normalized spacial score (nSPS) is 17.6. The number of amides is 3. The number of benzene rings is 1. The lowest BCUT2D eigenvalue weighted by Crippen LogP contribution is -2.65. The molecule has 21 heavy (non-hydrogen) atoms. The number of hydrogen-bond donors (Lipinski definition) is 2. The highest BCUT2D eigenvalue weighted by Crippen LogP contribution is 2.24. The van der Waals surface area contributed by atoms with Crippen molar-refractivity contribution in [1.29, 1.82) is 0 Å². The molecule has 1 aromatic rings. The number of nitrogens with zero attached hydrogens (tertiary/aromatic N) is 1. The molecule has 8 heteroatoms. The third kappa shape index (κ3) is 2.44. The number of halogens is 2. The number of piperazine rings is 1. The molecule has 1 aromatic carbocycles. The van der Waals surface area contributed by atoms with Gasteiger partial charge in [0, 0.05) is 6.07 Å². The Kier molecular flexibility index (Phi) is 3.40. The lowest BCUT2D eigenvalue weighted by Gasteiger charge is -2.40. The molecule has 0 aliphatic carbocycles. The fourth-order valence-corrected chi connectivity index (χ4v) is 1.98. The van der Waals surface area contributed by atoms with E-state index >= 15 is 0 Å². The minimum atomic E-state index is -1.35. The van der Waals surface area contributed by atoms with Crippen molar-refractivity contribution in [2.45, 2.75) is 19.4 Å². The van der Waals surface area contributed by atoms with Crippen LogP contribution >= 0.6 is 0 Å². The van der Waals surface area contributed by atoms with E-state index in [1.54, 1.807) is 0 Å². The molecule has 1 fully saturated rings. The van der Waals surface area contributed by atoms with E-state index in [1.165, 1.54) is 13.8 Å². The van der Waals surface area contributed by atoms with Gasteiger partial charge in [-0.1, -0.05) is 0 Å². The fourth-order valence-electron chi connectivity index (χ4n) is 1.98. The number of hydrogen-bond acceptors (Lipinski definition) is 4. The maximum Gasteiger partial charge on any atom is 0.258 e. The molecular formula is C13H13F2N3O3. The highest BCUT2D eigenvalue weighted by molar-refractivity contribution is 6.09. The van der Waals surface area contributed by atoms with E-state index < -0.39 is 52.7 Å². The quantitative estimate of drug-likeness (QED) is 0.580. The Morgan fingerprint density at radius 1 is 1.29 bits per heavy atom. The zero-order valence-electron chi connectivity index (χ0n) is 11.4. The number of carbonyl (C=O) groups excluding carboxylic acids is 3. The molecule has 1 aliphatic rings. The monoisotopic (exact) mass is 297 g/mol. The van der Waals surface area contributed by atoms with E-state index in [1.807, 2.05) is 0 Å². The molecule has 0 unspecified atom stereocenters. The van der Waals surface area contributed by atoms with Gasteiger partial charge < -0.3 is 10.6 Å². The highest BCUT2D eigenvalue weighted by Gasteiger charge is 2.44. The van der Waals surface area contributed by atoms with E-state index in [-0.39, 0.29) is 0 Å². The minimum Gasteiger partial charge on any atom is -0.396 e. The van der Waals surface area contributed by atoms with Crippen LogP contribution in [0.4, 0.5) is 14.5 Å². The molecule has 0 spiro atoms. The van der Waals surface area contributed by atoms with Crippen LogP contribution in [0.3, 0.4) is 0 Å². The van der Waals surface area contributed by atoms with Crippen LogP contribution in [-0.2, 0) is 9.59 Å². The van der Waals surface area contributed by atoms with Gasteiger partial charge in [-0.15, -0.1) is 0 Å². The van der Waals surface area contributed by atoms with Crippen LogP contribution in [-0.4, -0.2) is 34.7 Å². The molecule has 0 saturated carbocycles. The van der Waals surface area contributed by atoms with E-state index in [0.29, 0.717) is 6.07 Å². The summed E-state index contributed by atoms with van der Waals surface area (Å²) in [4.78, 5) is 36.5. The third-order valence-electron chi connectivity index (χ3n) is 3.35. The summed E-state index contributed by atoms with van der Waals surface area (Å²) < 4.78 is 26.9. The Morgan fingerprint density at radius 3 is 2.52 bits per heavy atom. The Bertz CT molecular complexity index is 658. The molecule has 6 nitrogen and oxygen atoms in total. The molecule has 1 aliphatic heterocycles. The van der Waals surface area contributed by atoms with Gasteiger partial charge in [0.25, 0.3) is 11.8 Å². The Labute approximate surface area is 118 Å². The minimum absolute atomic E-state index is 0.398. The summed E-state index contributed by atoms with van der Waals surface area (Å²) in [6.45, 7) is 2.42. The van der Waals surface area contributed by atoms with Gasteiger partial charge in [-0.05, 0) is 19.9 Å². The predicted molar refractivity (Wildman–Crippen MR) is 69.0 cm³/mol. The lowest BCUT2D eigenvalue weighted by atomic mass is 9.97. The Balaban J connectivity index is 2.46. The number of nitrogen functional groups attached to an aromatic ring is 1. The highest BCUT2D eigenvalue weighted by atomic mass is 19.1. The standard InChI is InChI=1S/C13H13F2N3O3/c1-13(2)12(21)17-10(19)5-18(13)11(20)6-3-9(16)8(15)4-7(6)14/h3-4H,5,16H2,1-2H3,(H,17,19,21). The number of nitrogens with two attached hydrogens (primary N) is 1. The second kappa shape index (κ2) is 4.80. The third-order valence-corrected chi connectivity index (χ3v) is 3.35. The SMILES string of the molecule is CC1(C)C(=O)NC(=O)CN1C(=O)c1cc(N)c(F)cc1F. The summed E-state index contributed by atoms with van der Waals surface area (Å²) in [5.41, 5.74) is 3.08. The van der Waals surface area contributed by atoms with Crippen LogP contribution in [0, 0.1) is 11.6 Å². The number of rotatable bonds is 1. The van der Waals surface area contributed by atoms with E-state index in [2.05, 4.69) is 5.32 Å². The first-order valence-electron chi connectivity index (χ1n) is 6.05.